The molecule has 2 N–H and O–H groups in total. The number of furan rings is 1. The molecule has 1 heterocycles. The third-order valence-corrected chi connectivity index (χ3v) is 5.69. The Labute approximate surface area is 200 Å². The summed E-state index contributed by atoms with van der Waals surface area (Å²) in [5, 5.41) is 21.0. The molecule has 6 heteroatoms. The van der Waals surface area contributed by atoms with Gasteiger partial charge in [-0.3, -0.25) is 0 Å². The van der Waals surface area contributed by atoms with Gasteiger partial charge in [0.05, 0.1) is 12.2 Å². The third kappa shape index (κ3) is 7.20. The highest BCUT2D eigenvalue weighted by molar-refractivity contribution is 5.84. The Bertz CT molecular complexity index is 1100. The van der Waals surface area contributed by atoms with E-state index in [9.17, 15) is 15.0 Å². The van der Waals surface area contributed by atoms with Crippen LogP contribution in [0.1, 0.15) is 43.7 Å². The summed E-state index contributed by atoms with van der Waals surface area (Å²) < 4.78 is 16.6. The lowest BCUT2D eigenvalue weighted by molar-refractivity contribution is -0.141. The molecule has 2 atom stereocenters. The van der Waals surface area contributed by atoms with E-state index in [0.29, 0.717) is 11.3 Å². The summed E-state index contributed by atoms with van der Waals surface area (Å²) >= 11 is 0. The number of unbranched alkanes of at least 4 members (excludes halogenated alkanes) is 2. The maximum absolute atomic E-state index is 11.0. The standard InChI is InChI=1S/C28H34O6/c1-4-6-7-8-20-9-12-25(19(3)13-20)27-14-21-10-11-24(16-26(21)34-27)32-17-22(29)15-23(30)18-33-28(31)5-2/h5,9-14,16,22-23,29-30H,2,4,6-8,15,17-18H2,1,3H3. The number of hydrogen-bond donors (Lipinski definition) is 2. The third-order valence-electron chi connectivity index (χ3n) is 5.69. The number of aliphatic hydroxyl groups is 2. The highest BCUT2D eigenvalue weighted by Gasteiger charge is 2.15. The van der Waals surface area contributed by atoms with Crippen LogP contribution in [0, 0.1) is 6.92 Å². The molecule has 0 saturated carbocycles. The molecule has 0 aliphatic rings. The minimum atomic E-state index is -0.987. The molecule has 6 nitrogen and oxygen atoms in total. The molecule has 0 aliphatic carbocycles. The van der Waals surface area contributed by atoms with Gasteiger partial charge in [0.2, 0.25) is 0 Å². The Morgan fingerprint density at radius 2 is 1.88 bits per heavy atom. The quantitative estimate of drug-likeness (QED) is 0.200. The van der Waals surface area contributed by atoms with Gasteiger partial charge in [-0.05, 0) is 49.1 Å². The first-order valence-corrected chi connectivity index (χ1v) is 11.8. The summed E-state index contributed by atoms with van der Waals surface area (Å²) in [5.41, 5.74) is 4.30. The molecule has 3 rings (SSSR count). The summed E-state index contributed by atoms with van der Waals surface area (Å²) in [4.78, 5) is 11.0. The van der Waals surface area contributed by atoms with Crippen molar-refractivity contribution in [3.05, 3.63) is 66.2 Å². The van der Waals surface area contributed by atoms with Crippen molar-refractivity contribution in [2.45, 2.75) is 58.2 Å². The van der Waals surface area contributed by atoms with Crippen molar-refractivity contribution in [2.24, 2.45) is 0 Å². The van der Waals surface area contributed by atoms with Gasteiger partial charge in [-0.15, -0.1) is 0 Å². The summed E-state index contributed by atoms with van der Waals surface area (Å²) in [6.45, 7) is 7.39. The van der Waals surface area contributed by atoms with E-state index in [1.165, 1.54) is 30.4 Å². The number of carbonyl (C=O) groups is 1. The molecule has 34 heavy (non-hydrogen) atoms. The molecule has 0 radical (unpaired) electrons. The monoisotopic (exact) mass is 466 g/mol. The molecule has 0 saturated heterocycles. The van der Waals surface area contributed by atoms with Crippen LogP contribution in [-0.4, -0.2) is 41.6 Å². The van der Waals surface area contributed by atoms with Gasteiger partial charge in [-0.1, -0.05) is 44.5 Å². The number of aryl methyl sites for hydroxylation is 2. The zero-order valence-electron chi connectivity index (χ0n) is 20.0. The zero-order chi connectivity index (χ0) is 24.5. The highest BCUT2D eigenvalue weighted by atomic mass is 16.5. The van der Waals surface area contributed by atoms with Crippen LogP contribution in [0.4, 0.5) is 0 Å². The van der Waals surface area contributed by atoms with Crippen LogP contribution in [0.3, 0.4) is 0 Å². The van der Waals surface area contributed by atoms with Crippen molar-refractivity contribution >= 4 is 16.9 Å². The average Bonchev–Trinajstić information content (AvgIpc) is 3.24. The fourth-order valence-electron chi connectivity index (χ4n) is 3.85. The molecule has 0 spiro atoms. The fourth-order valence-corrected chi connectivity index (χ4v) is 3.85. The van der Waals surface area contributed by atoms with Gasteiger partial charge in [0, 0.05) is 29.5 Å². The average molecular weight is 467 g/mol. The van der Waals surface area contributed by atoms with Crippen molar-refractivity contribution in [1.82, 2.24) is 0 Å². The number of hydrogen-bond acceptors (Lipinski definition) is 6. The van der Waals surface area contributed by atoms with Gasteiger partial charge in [0.1, 0.15) is 30.3 Å². The molecule has 3 aromatic rings. The Balaban J connectivity index is 1.59. The molecule has 2 aromatic carbocycles. The molecular weight excluding hydrogens is 432 g/mol. The van der Waals surface area contributed by atoms with Crippen molar-refractivity contribution < 1.29 is 28.9 Å². The first-order chi connectivity index (χ1) is 16.4. The first-order valence-electron chi connectivity index (χ1n) is 11.8. The summed E-state index contributed by atoms with van der Waals surface area (Å²) in [6, 6.07) is 14.1. The largest absolute Gasteiger partial charge is 0.491 e. The number of rotatable bonds is 13. The van der Waals surface area contributed by atoms with Gasteiger partial charge in [-0.25, -0.2) is 4.79 Å². The van der Waals surface area contributed by atoms with E-state index in [-0.39, 0.29) is 19.6 Å². The van der Waals surface area contributed by atoms with Crippen LogP contribution >= 0.6 is 0 Å². The van der Waals surface area contributed by atoms with Crippen LogP contribution in [0.25, 0.3) is 22.3 Å². The van der Waals surface area contributed by atoms with E-state index in [1.54, 1.807) is 6.07 Å². The molecule has 0 bridgehead atoms. The van der Waals surface area contributed by atoms with Gasteiger partial charge in [0.25, 0.3) is 0 Å². The van der Waals surface area contributed by atoms with Gasteiger partial charge in [-0.2, -0.15) is 0 Å². The van der Waals surface area contributed by atoms with Gasteiger partial charge >= 0.3 is 5.97 Å². The van der Waals surface area contributed by atoms with E-state index in [1.807, 2.05) is 18.2 Å². The predicted octanol–water partition coefficient (Wildman–Crippen LogP) is 5.36. The topological polar surface area (TPSA) is 89.1 Å². The Kier molecular flexibility index (Phi) is 9.31. The zero-order valence-corrected chi connectivity index (χ0v) is 20.0. The second-order valence-corrected chi connectivity index (χ2v) is 8.61. The number of esters is 1. The van der Waals surface area contributed by atoms with Crippen LogP contribution in [-0.2, 0) is 16.0 Å². The van der Waals surface area contributed by atoms with E-state index in [4.69, 9.17) is 13.9 Å². The van der Waals surface area contributed by atoms with Crippen LogP contribution in [0.15, 0.2) is 59.5 Å². The van der Waals surface area contributed by atoms with Crippen molar-refractivity contribution in [1.29, 1.82) is 0 Å². The van der Waals surface area contributed by atoms with E-state index in [2.05, 4.69) is 38.6 Å². The van der Waals surface area contributed by atoms with Crippen molar-refractivity contribution in [3.63, 3.8) is 0 Å². The van der Waals surface area contributed by atoms with Crippen LogP contribution in [0.2, 0.25) is 0 Å². The molecule has 1 aromatic heterocycles. The lowest BCUT2D eigenvalue weighted by Crippen LogP contribution is -2.27. The Morgan fingerprint density at radius 3 is 2.62 bits per heavy atom. The van der Waals surface area contributed by atoms with Crippen LogP contribution < -0.4 is 4.74 Å². The lowest BCUT2D eigenvalue weighted by Gasteiger charge is -2.16. The SMILES string of the molecule is C=CC(=O)OCC(O)CC(O)COc1ccc2cc(-c3ccc(CCCCC)cc3C)oc2c1. The lowest BCUT2D eigenvalue weighted by atomic mass is 10.00. The summed E-state index contributed by atoms with van der Waals surface area (Å²) in [5.74, 6) is 0.749. The Morgan fingerprint density at radius 1 is 1.09 bits per heavy atom. The normalized spacial score (nSPS) is 12.9. The molecule has 0 aliphatic heterocycles. The minimum absolute atomic E-state index is 0.00978. The molecule has 0 fully saturated rings. The second kappa shape index (κ2) is 12.4. The summed E-state index contributed by atoms with van der Waals surface area (Å²) in [7, 11) is 0. The maximum atomic E-state index is 11.0. The number of ether oxygens (including phenoxy) is 2. The van der Waals surface area contributed by atoms with E-state index in [0.717, 1.165) is 29.2 Å². The minimum Gasteiger partial charge on any atom is -0.491 e. The van der Waals surface area contributed by atoms with E-state index >= 15 is 0 Å². The smallest absolute Gasteiger partial charge is 0.330 e. The molecular formula is C28H34O6. The van der Waals surface area contributed by atoms with Crippen molar-refractivity contribution in [2.75, 3.05) is 13.2 Å². The number of aliphatic hydroxyl groups excluding tert-OH is 2. The highest BCUT2D eigenvalue weighted by Crippen LogP contribution is 2.32. The molecule has 182 valence electrons. The number of benzene rings is 2. The molecule has 0 amide bonds. The fraction of sp³-hybridized carbons (Fsp3) is 0.393. The Hall–Kier alpha value is -3.09. The van der Waals surface area contributed by atoms with Crippen LogP contribution in [0.5, 0.6) is 5.75 Å². The predicted molar refractivity (Wildman–Crippen MR) is 133 cm³/mol. The molecule has 2 unspecified atom stereocenters. The number of carbonyl (C=O) groups excluding carboxylic acids is 1. The first kappa shape index (κ1) is 25.5. The van der Waals surface area contributed by atoms with E-state index < -0.39 is 18.2 Å². The van der Waals surface area contributed by atoms with Crippen molar-refractivity contribution in [3.8, 4) is 17.1 Å². The maximum Gasteiger partial charge on any atom is 0.330 e. The number of fused-ring (bicyclic) bond motifs is 1. The van der Waals surface area contributed by atoms with Gasteiger partial charge < -0.3 is 24.1 Å². The second-order valence-electron chi connectivity index (χ2n) is 8.61. The van der Waals surface area contributed by atoms with Gasteiger partial charge in [0.15, 0.2) is 0 Å². The summed E-state index contributed by atoms with van der Waals surface area (Å²) in [6.07, 6.45) is 3.90.